The maximum atomic E-state index is 4.30. The van der Waals surface area contributed by atoms with Crippen LogP contribution in [0.4, 0.5) is 0 Å². The number of hydrogen-bond acceptors (Lipinski definition) is 2. The van der Waals surface area contributed by atoms with Crippen LogP contribution in [0.1, 0.15) is 19.3 Å². The average molecular weight is 138 g/mol. The Labute approximate surface area is 62.2 Å². The van der Waals surface area contributed by atoms with Crippen molar-refractivity contribution in [3.8, 4) is 0 Å². The first-order valence-electron chi connectivity index (χ1n) is 3.70. The van der Waals surface area contributed by atoms with Crippen LogP contribution < -0.4 is 0 Å². The van der Waals surface area contributed by atoms with Crippen LogP contribution in [0.3, 0.4) is 0 Å². The van der Waals surface area contributed by atoms with Gasteiger partial charge < -0.3 is 5.01 Å². The molecule has 0 atom stereocenters. The predicted molar refractivity (Wildman–Crippen MR) is 44.1 cm³/mol. The van der Waals surface area contributed by atoms with Gasteiger partial charge in [0.05, 0.1) is 5.71 Å². The molecule has 2 heteroatoms. The molecule has 1 aliphatic carbocycles. The van der Waals surface area contributed by atoms with Crippen LogP contribution in [0.25, 0.3) is 0 Å². The van der Waals surface area contributed by atoms with Gasteiger partial charge in [-0.25, -0.2) is 0 Å². The van der Waals surface area contributed by atoms with Crippen LogP contribution in [-0.4, -0.2) is 24.8 Å². The summed E-state index contributed by atoms with van der Waals surface area (Å²) < 4.78 is 0. The van der Waals surface area contributed by atoms with Gasteiger partial charge in [-0.2, -0.15) is 5.10 Å². The smallest absolute Gasteiger partial charge is 0.0602 e. The van der Waals surface area contributed by atoms with Gasteiger partial charge in [0.2, 0.25) is 0 Å². The summed E-state index contributed by atoms with van der Waals surface area (Å²) in [5.41, 5.74) is 1.20. The Bertz CT molecular complexity index is 157. The zero-order valence-corrected chi connectivity index (χ0v) is 6.67. The van der Waals surface area contributed by atoms with E-state index in [1.165, 1.54) is 18.6 Å². The number of hydrazone groups is 1. The zero-order chi connectivity index (χ0) is 7.40. The molecular weight excluding hydrogens is 124 g/mol. The van der Waals surface area contributed by atoms with Crippen molar-refractivity contribution in [3.63, 3.8) is 0 Å². The Morgan fingerprint density at radius 1 is 1.50 bits per heavy atom. The van der Waals surface area contributed by atoms with Crippen LogP contribution in [-0.2, 0) is 0 Å². The maximum absolute atomic E-state index is 4.30. The molecule has 0 heterocycles. The van der Waals surface area contributed by atoms with Crippen molar-refractivity contribution in [1.82, 2.24) is 5.01 Å². The van der Waals surface area contributed by atoms with Crippen molar-refractivity contribution in [1.29, 1.82) is 0 Å². The van der Waals surface area contributed by atoms with Gasteiger partial charge in [-0.1, -0.05) is 6.08 Å². The molecule has 0 amide bonds. The molecular formula is C8H14N2. The summed E-state index contributed by atoms with van der Waals surface area (Å²) in [5, 5.41) is 6.15. The van der Waals surface area contributed by atoms with E-state index >= 15 is 0 Å². The lowest BCUT2D eigenvalue weighted by atomic mass is 10.1. The quantitative estimate of drug-likeness (QED) is 0.503. The second-order valence-corrected chi connectivity index (χ2v) is 2.73. The van der Waals surface area contributed by atoms with Crippen molar-refractivity contribution in [3.05, 3.63) is 12.2 Å². The predicted octanol–water partition coefficient (Wildman–Crippen LogP) is 1.64. The second kappa shape index (κ2) is 3.40. The molecule has 0 aromatic carbocycles. The first-order chi connectivity index (χ1) is 4.79. The van der Waals surface area contributed by atoms with Crippen LogP contribution >= 0.6 is 0 Å². The Hall–Kier alpha value is -0.790. The van der Waals surface area contributed by atoms with Crippen LogP contribution in [0.2, 0.25) is 0 Å². The molecule has 0 saturated carbocycles. The summed E-state index contributed by atoms with van der Waals surface area (Å²) in [4.78, 5) is 0. The largest absolute Gasteiger partial charge is 0.303 e. The number of allylic oxidation sites excluding steroid dienone is 2. The Kier molecular flexibility index (Phi) is 2.49. The van der Waals surface area contributed by atoms with Gasteiger partial charge in [-0.15, -0.1) is 0 Å². The van der Waals surface area contributed by atoms with E-state index in [1.54, 1.807) is 0 Å². The van der Waals surface area contributed by atoms with Gasteiger partial charge in [0.15, 0.2) is 0 Å². The van der Waals surface area contributed by atoms with Crippen molar-refractivity contribution >= 4 is 5.71 Å². The highest BCUT2D eigenvalue weighted by Crippen LogP contribution is 2.07. The third kappa shape index (κ3) is 2.21. The first-order valence-corrected chi connectivity index (χ1v) is 3.70. The van der Waals surface area contributed by atoms with E-state index in [0.717, 1.165) is 6.42 Å². The minimum absolute atomic E-state index is 1.13. The molecule has 0 unspecified atom stereocenters. The van der Waals surface area contributed by atoms with Crippen molar-refractivity contribution < 1.29 is 0 Å². The number of nitrogens with zero attached hydrogens (tertiary/aromatic N) is 2. The van der Waals surface area contributed by atoms with Crippen molar-refractivity contribution in [2.75, 3.05) is 14.1 Å². The topological polar surface area (TPSA) is 15.6 Å². The average Bonchev–Trinajstić information content (AvgIpc) is 1.88. The van der Waals surface area contributed by atoms with Gasteiger partial charge in [0.1, 0.15) is 0 Å². The second-order valence-electron chi connectivity index (χ2n) is 2.73. The Balaban J connectivity index is 2.53. The van der Waals surface area contributed by atoms with E-state index in [1.807, 2.05) is 19.1 Å². The fourth-order valence-corrected chi connectivity index (χ4v) is 1.04. The summed E-state index contributed by atoms with van der Waals surface area (Å²) in [6.45, 7) is 0. The highest BCUT2D eigenvalue weighted by molar-refractivity contribution is 5.95. The van der Waals surface area contributed by atoms with Gasteiger partial charge in [-0.3, -0.25) is 0 Å². The highest BCUT2D eigenvalue weighted by Gasteiger charge is 1.99. The van der Waals surface area contributed by atoms with E-state index < -0.39 is 0 Å². The molecule has 1 aliphatic rings. The van der Waals surface area contributed by atoms with E-state index in [9.17, 15) is 0 Å². The van der Waals surface area contributed by atoms with Crippen LogP contribution in [0, 0.1) is 0 Å². The SMILES string of the molecule is CN(C)/N=C1\C=CCCC1. The summed E-state index contributed by atoms with van der Waals surface area (Å²) in [7, 11) is 3.91. The molecule has 0 fully saturated rings. The standard InChI is InChI=1S/C8H14N2/c1-10(2)9-8-6-4-3-5-7-8/h4,6H,3,5,7H2,1-2H3/b9-8+. The van der Waals surface area contributed by atoms with Crippen molar-refractivity contribution in [2.24, 2.45) is 5.10 Å². The molecule has 0 radical (unpaired) electrons. The fourth-order valence-electron chi connectivity index (χ4n) is 1.04. The first kappa shape index (κ1) is 7.32. The molecule has 1 rings (SSSR count). The van der Waals surface area contributed by atoms with Gasteiger partial charge in [0.25, 0.3) is 0 Å². The minimum Gasteiger partial charge on any atom is -0.303 e. The summed E-state index contributed by atoms with van der Waals surface area (Å²) >= 11 is 0. The summed E-state index contributed by atoms with van der Waals surface area (Å²) in [6.07, 6.45) is 7.90. The van der Waals surface area contributed by atoms with Gasteiger partial charge in [-0.05, 0) is 25.3 Å². The van der Waals surface area contributed by atoms with E-state index in [0.29, 0.717) is 0 Å². The van der Waals surface area contributed by atoms with Crippen LogP contribution in [0.15, 0.2) is 17.3 Å². The minimum atomic E-state index is 1.13. The number of rotatable bonds is 1. The maximum Gasteiger partial charge on any atom is 0.0602 e. The van der Waals surface area contributed by atoms with E-state index in [2.05, 4.69) is 17.3 Å². The summed E-state index contributed by atoms with van der Waals surface area (Å²) in [6, 6.07) is 0. The molecule has 0 saturated heterocycles. The summed E-state index contributed by atoms with van der Waals surface area (Å²) in [5.74, 6) is 0. The van der Waals surface area contributed by atoms with E-state index in [-0.39, 0.29) is 0 Å². The Morgan fingerprint density at radius 3 is 2.80 bits per heavy atom. The molecule has 0 aromatic heterocycles. The molecule has 0 aliphatic heterocycles. The lowest BCUT2D eigenvalue weighted by Crippen LogP contribution is -2.08. The van der Waals surface area contributed by atoms with Crippen LogP contribution in [0.5, 0.6) is 0 Å². The third-order valence-corrected chi connectivity index (χ3v) is 1.44. The Morgan fingerprint density at radius 2 is 2.30 bits per heavy atom. The van der Waals surface area contributed by atoms with Gasteiger partial charge >= 0.3 is 0 Å². The molecule has 10 heavy (non-hydrogen) atoms. The molecule has 0 bridgehead atoms. The zero-order valence-electron chi connectivity index (χ0n) is 6.67. The molecule has 0 spiro atoms. The monoisotopic (exact) mass is 138 g/mol. The molecule has 56 valence electrons. The third-order valence-electron chi connectivity index (χ3n) is 1.44. The highest BCUT2D eigenvalue weighted by atomic mass is 15.4. The van der Waals surface area contributed by atoms with E-state index in [4.69, 9.17) is 0 Å². The lowest BCUT2D eigenvalue weighted by molar-refractivity contribution is 0.436. The van der Waals surface area contributed by atoms with Gasteiger partial charge in [0, 0.05) is 14.1 Å². The van der Waals surface area contributed by atoms with Crippen molar-refractivity contribution in [2.45, 2.75) is 19.3 Å². The molecule has 0 aromatic rings. The molecule has 0 N–H and O–H groups in total. The number of hydrogen-bond donors (Lipinski definition) is 0. The fraction of sp³-hybridized carbons (Fsp3) is 0.625. The molecule has 2 nitrogen and oxygen atoms in total. The lowest BCUT2D eigenvalue weighted by Gasteiger charge is -2.09. The normalized spacial score (nSPS) is 21.6.